The number of thioether (sulfide) groups is 1. The van der Waals surface area contributed by atoms with Crippen LogP contribution in [0.2, 0.25) is 0 Å². The maximum atomic E-state index is 12.9. The highest BCUT2D eigenvalue weighted by molar-refractivity contribution is 7.98. The van der Waals surface area contributed by atoms with E-state index in [1.54, 1.807) is 20.8 Å². The summed E-state index contributed by atoms with van der Waals surface area (Å²) in [6.07, 6.45) is 1.93. The molecular weight excluding hydrogens is 380 g/mol. The van der Waals surface area contributed by atoms with Crippen LogP contribution >= 0.6 is 11.8 Å². The van der Waals surface area contributed by atoms with Crippen molar-refractivity contribution in [3.05, 3.63) is 35.4 Å². The number of hydrogen-bond acceptors (Lipinski definition) is 5. The molecule has 0 bridgehead atoms. The lowest BCUT2D eigenvalue weighted by molar-refractivity contribution is -0.142. The Morgan fingerprint density at radius 2 is 1.93 bits per heavy atom. The van der Waals surface area contributed by atoms with Crippen LogP contribution < -0.4 is 5.32 Å². The zero-order chi connectivity index (χ0) is 20.9. The molecule has 0 fully saturated rings. The van der Waals surface area contributed by atoms with E-state index in [-0.39, 0.29) is 6.54 Å². The molecule has 1 aliphatic rings. The predicted molar refractivity (Wildman–Crippen MR) is 108 cm³/mol. The number of ether oxygens (including phenoxy) is 1. The number of fused-ring (bicyclic) bond motifs is 1. The molecule has 0 saturated heterocycles. The third kappa shape index (κ3) is 5.89. The molecular formula is C20H28N2O5S. The van der Waals surface area contributed by atoms with Crippen molar-refractivity contribution in [3.8, 4) is 0 Å². The molecule has 1 heterocycles. The average molecular weight is 409 g/mol. The minimum absolute atomic E-state index is 0.242. The van der Waals surface area contributed by atoms with Crippen molar-refractivity contribution < 1.29 is 24.2 Å². The first-order chi connectivity index (χ1) is 13.1. The first-order valence-electron chi connectivity index (χ1n) is 9.21. The van der Waals surface area contributed by atoms with Crippen molar-refractivity contribution in [3.63, 3.8) is 0 Å². The topological polar surface area (TPSA) is 95.9 Å². The van der Waals surface area contributed by atoms with Gasteiger partial charge in [0.25, 0.3) is 0 Å². The van der Waals surface area contributed by atoms with E-state index in [0.29, 0.717) is 18.6 Å². The zero-order valence-corrected chi connectivity index (χ0v) is 17.5. The number of nitrogens with one attached hydrogen (secondary N) is 1. The lowest BCUT2D eigenvalue weighted by Gasteiger charge is -2.37. The minimum Gasteiger partial charge on any atom is -0.480 e. The summed E-state index contributed by atoms with van der Waals surface area (Å²) in [4.78, 5) is 38.6. The maximum absolute atomic E-state index is 12.9. The number of carbonyl (C=O) groups excluding carboxylic acids is 2. The molecule has 2 rings (SSSR count). The van der Waals surface area contributed by atoms with Gasteiger partial charge in [0.05, 0.1) is 6.54 Å². The standard InChI is InChI=1S/C20H28N2O5S/c1-20(2,3)27-19(26)22-12-14-8-6-5-7-13(14)11-16(22)17(23)21-15(18(24)25)9-10-28-4/h5-8,15-16H,9-12H2,1-4H3,(H,21,23)(H,24,25). The number of nitrogens with zero attached hydrogens (tertiary/aromatic N) is 1. The lowest BCUT2D eigenvalue weighted by atomic mass is 9.93. The van der Waals surface area contributed by atoms with Crippen molar-refractivity contribution in [2.75, 3.05) is 12.0 Å². The molecule has 1 aromatic carbocycles. The molecule has 0 saturated carbocycles. The van der Waals surface area contributed by atoms with Gasteiger partial charge in [0.2, 0.25) is 5.91 Å². The molecule has 154 valence electrons. The lowest BCUT2D eigenvalue weighted by Crippen LogP contribution is -2.56. The number of carboxylic acid groups (broad SMARTS) is 1. The van der Waals surface area contributed by atoms with Gasteiger partial charge >= 0.3 is 12.1 Å². The maximum Gasteiger partial charge on any atom is 0.411 e. The average Bonchev–Trinajstić information content (AvgIpc) is 2.62. The predicted octanol–water partition coefficient (Wildman–Crippen LogP) is 2.67. The van der Waals surface area contributed by atoms with E-state index >= 15 is 0 Å². The molecule has 1 aliphatic heterocycles. The fraction of sp³-hybridized carbons (Fsp3) is 0.550. The van der Waals surface area contributed by atoms with Crippen LogP contribution in [0, 0.1) is 0 Å². The van der Waals surface area contributed by atoms with Crippen LogP contribution in [0.4, 0.5) is 4.79 Å². The summed E-state index contributed by atoms with van der Waals surface area (Å²) in [6, 6.07) is 5.80. The fourth-order valence-electron chi connectivity index (χ4n) is 3.03. The molecule has 2 amide bonds. The van der Waals surface area contributed by atoms with Crippen LogP contribution in [0.1, 0.15) is 38.3 Å². The number of hydrogen-bond donors (Lipinski definition) is 2. The molecule has 28 heavy (non-hydrogen) atoms. The number of carbonyl (C=O) groups is 3. The van der Waals surface area contributed by atoms with Crippen molar-refractivity contribution in [1.29, 1.82) is 0 Å². The summed E-state index contributed by atoms with van der Waals surface area (Å²) in [6.45, 7) is 5.54. The highest BCUT2D eigenvalue weighted by Crippen LogP contribution is 2.25. The normalized spacial score (nSPS) is 17.4. The Bertz CT molecular complexity index is 732. The summed E-state index contributed by atoms with van der Waals surface area (Å²) in [5.74, 6) is -0.947. The largest absolute Gasteiger partial charge is 0.480 e. The monoisotopic (exact) mass is 408 g/mol. The Morgan fingerprint density at radius 1 is 1.29 bits per heavy atom. The Hall–Kier alpha value is -2.22. The molecule has 7 nitrogen and oxygen atoms in total. The van der Waals surface area contributed by atoms with Crippen LogP contribution in [-0.4, -0.2) is 57.7 Å². The molecule has 0 aromatic heterocycles. The van der Waals surface area contributed by atoms with Gasteiger partial charge in [-0.3, -0.25) is 9.69 Å². The molecule has 8 heteroatoms. The smallest absolute Gasteiger partial charge is 0.411 e. The van der Waals surface area contributed by atoms with Crippen molar-refractivity contribution in [2.45, 2.75) is 57.8 Å². The van der Waals surface area contributed by atoms with E-state index in [4.69, 9.17) is 4.74 Å². The van der Waals surface area contributed by atoms with Crippen molar-refractivity contribution >= 4 is 29.7 Å². The first kappa shape index (κ1) is 22.1. The number of aliphatic carboxylic acids is 1. The summed E-state index contributed by atoms with van der Waals surface area (Å²) in [5.41, 5.74) is 1.23. The molecule has 0 radical (unpaired) electrons. The number of carboxylic acids is 1. The van der Waals surface area contributed by atoms with E-state index < -0.39 is 35.7 Å². The molecule has 1 aromatic rings. The van der Waals surface area contributed by atoms with Gasteiger partial charge in [0, 0.05) is 6.42 Å². The SMILES string of the molecule is CSCCC(NC(=O)C1Cc2ccccc2CN1C(=O)OC(C)(C)C)C(=O)O. The van der Waals surface area contributed by atoms with Gasteiger partial charge in [-0.15, -0.1) is 0 Å². The van der Waals surface area contributed by atoms with Gasteiger partial charge in [0.15, 0.2) is 0 Å². The Morgan fingerprint density at radius 3 is 2.50 bits per heavy atom. The van der Waals surface area contributed by atoms with Crippen LogP contribution in [0.5, 0.6) is 0 Å². The van der Waals surface area contributed by atoms with E-state index in [2.05, 4.69) is 5.32 Å². The Labute approximate surface area is 169 Å². The van der Waals surface area contributed by atoms with Crippen LogP contribution in [-0.2, 0) is 27.3 Å². The second-order valence-electron chi connectivity index (χ2n) is 7.78. The van der Waals surface area contributed by atoms with Gasteiger partial charge in [-0.25, -0.2) is 9.59 Å². The molecule has 0 spiro atoms. The van der Waals surface area contributed by atoms with Crippen molar-refractivity contribution in [2.24, 2.45) is 0 Å². The second kappa shape index (κ2) is 9.32. The third-order valence-corrected chi connectivity index (χ3v) is 5.05. The summed E-state index contributed by atoms with van der Waals surface area (Å²) in [7, 11) is 0. The van der Waals surface area contributed by atoms with Crippen LogP contribution in [0.3, 0.4) is 0 Å². The van der Waals surface area contributed by atoms with Gasteiger partial charge in [-0.2, -0.15) is 11.8 Å². The quantitative estimate of drug-likeness (QED) is 0.751. The van der Waals surface area contributed by atoms with Gasteiger partial charge in [-0.1, -0.05) is 24.3 Å². The minimum atomic E-state index is -1.08. The molecule has 0 aliphatic carbocycles. The number of rotatable bonds is 6. The third-order valence-electron chi connectivity index (χ3n) is 4.40. The van der Waals surface area contributed by atoms with Gasteiger partial charge < -0.3 is 15.2 Å². The summed E-state index contributed by atoms with van der Waals surface area (Å²) < 4.78 is 5.48. The van der Waals surface area contributed by atoms with E-state index in [1.165, 1.54) is 16.7 Å². The highest BCUT2D eigenvalue weighted by Gasteiger charge is 2.38. The van der Waals surface area contributed by atoms with E-state index in [9.17, 15) is 19.5 Å². The molecule has 2 N–H and O–H groups in total. The van der Waals surface area contributed by atoms with E-state index in [1.807, 2.05) is 30.5 Å². The van der Waals surface area contributed by atoms with Crippen LogP contribution in [0.25, 0.3) is 0 Å². The van der Waals surface area contributed by atoms with Crippen LogP contribution in [0.15, 0.2) is 24.3 Å². The number of benzene rings is 1. The first-order valence-corrected chi connectivity index (χ1v) is 10.6. The van der Waals surface area contributed by atoms with E-state index in [0.717, 1.165) is 11.1 Å². The Kier molecular flexibility index (Phi) is 7.35. The molecule has 2 unspecified atom stereocenters. The summed E-state index contributed by atoms with van der Waals surface area (Å²) in [5, 5.41) is 12.0. The summed E-state index contributed by atoms with van der Waals surface area (Å²) >= 11 is 1.51. The Balaban J connectivity index is 2.24. The highest BCUT2D eigenvalue weighted by atomic mass is 32.2. The zero-order valence-electron chi connectivity index (χ0n) is 16.7. The van der Waals surface area contributed by atoms with Gasteiger partial charge in [-0.05, 0) is 50.3 Å². The van der Waals surface area contributed by atoms with Crippen molar-refractivity contribution in [1.82, 2.24) is 10.2 Å². The fourth-order valence-corrected chi connectivity index (χ4v) is 3.50. The number of amides is 2. The van der Waals surface area contributed by atoms with Gasteiger partial charge in [0.1, 0.15) is 17.7 Å². The molecule has 2 atom stereocenters. The second-order valence-corrected chi connectivity index (χ2v) is 8.76.